The third kappa shape index (κ3) is 3.62. The molecule has 0 bridgehead atoms. The first kappa shape index (κ1) is 13.7. The fraction of sp³-hybridized carbons (Fsp3) is 0.286. The van der Waals surface area contributed by atoms with Gasteiger partial charge < -0.3 is 10.4 Å². The Hall–Kier alpha value is -1.72. The Kier molecular flexibility index (Phi) is 4.65. The fourth-order valence-electron chi connectivity index (χ4n) is 1.72. The lowest BCUT2D eigenvalue weighted by Crippen LogP contribution is -2.27. The van der Waals surface area contributed by atoms with Gasteiger partial charge in [0.1, 0.15) is 0 Å². The van der Waals surface area contributed by atoms with E-state index in [1.165, 1.54) is 0 Å². The molecule has 0 saturated carbocycles. The minimum atomic E-state index is -0.160. The Balaban J connectivity index is 1.93. The molecular weight excluding hydrogens is 260 g/mol. The summed E-state index contributed by atoms with van der Waals surface area (Å²) < 4.78 is 0. The quantitative estimate of drug-likeness (QED) is 0.878. The number of aliphatic hydroxyl groups excluding tert-OH is 1. The van der Waals surface area contributed by atoms with Crippen LogP contribution in [0.4, 0.5) is 0 Å². The van der Waals surface area contributed by atoms with Gasteiger partial charge in [0.05, 0.1) is 30.5 Å². The average molecular weight is 276 g/mol. The van der Waals surface area contributed by atoms with Crippen LogP contribution in [0.5, 0.6) is 0 Å². The molecule has 0 aliphatic rings. The molecule has 0 spiro atoms. The summed E-state index contributed by atoms with van der Waals surface area (Å²) in [7, 11) is 0. The summed E-state index contributed by atoms with van der Waals surface area (Å²) in [5.74, 6) is -0.179. The standard InChI is InChI=1S/C14H16N2O2S/c1-10(11-5-6-19-9-11)14(18)15-7-12-3-2-4-13(8-17)16-12/h2-6,9-10,17H,7-8H2,1H3,(H,15,18). The molecule has 0 saturated heterocycles. The highest BCUT2D eigenvalue weighted by atomic mass is 32.1. The number of carbonyl (C=O) groups excluding carboxylic acids is 1. The first-order valence-electron chi connectivity index (χ1n) is 6.06. The molecule has 1 atom stereocenters. The second-order valence-electron chi connectivity index (χ2n) is 4.27. The lowest BCUT2D eigenvalue weighted by atomic mass is 10.0. The highest BCUT2D eigenvalue weighted by molar-refractivity contribution is 7.08. The molecule has 2 heterocycles. The van der Waals surface area contributed by atoms with Crippen molar-refractivity contribution in [3.63, 3.8) is 0 Å². The summed E-state index contributed by atoms with van der Waals surface area (Å²) in [6.45, 7) is 2.17. The summed E-state index contributed by atoms with van der Waals surface area (Å²) >= 11 is 1.58. The van der Waals surface area contributed by atoms with Crippen LogP contribution < -0.4 is 5.32 Å². The molecule has 0 aliphatic carbocycles. The highest BCUT2D eigenvalue weighted by Crippen LogP contribution is 2.18. The molecule has 19 heavy (non-hydrogen) atoms. The molecule has 5 heteroatoms. The number of nitrogens with zero attached hydrogens (tertiary/aromatic N) is 1. The zero-order valence-corrected chi connectivity index (χ0v) is 11.5. The van der Waals surface area contributed by atoms with Crippen LogP contribution in [0.15, 0.2) is 35.0 Å². The van der Waals surface area contributed by atoms with E-state index in [2.05, 4.69) is 10.3 Å². The van der Waals surface area contributed by atoms with Gasteiger partial charge in [-0.3, -0.25) is 9.78 Å². The molecule has 0 aromatic carbocycles. The number of hydrogen-bond acceptors (Lipinski definition) is 4. The van der Waals surface area contributed by atoms with Crippen LogP contribution in [0, 0.1) is 0 Å². The topological polar surface area (TPSA) is 62.2 Å². The molecule has 0 fully saturated rings. The number of carbonyl (C=O) groups is 1. The Bertz CT molecular complexity index is 540. The van der Waals surface area contributed by atoms with Crippen molar-refractivity contribution in [3.05, 3.63) is 52.0 Å². The van der Waals surface area contributed by atoms with Crippen LogP contribution in [-0.2, 0) is 17.9 Å². The van der Waals surface area contributed by atoms with E-state index in [1.54, 1.807) is 17.4 Å². The van der Waals surface area contributed by atoms with Gasteiger partial charge in [-0.15, -0.1) is 0 Å². The van der Waals surface area contributed by atoms with E-state index < -0.39 is 0 Å². The Morgan fingerprint density at radius 3 is 2.89 bits per heavy atom. The van der Waals surface area contributed by atoms with Gasteiger partial charge in [-0.1, -0.05) is 6.07 Å². The zero-order chi connectivity index (χ0) is 13.7. The van der Waals surface area contributed by atoms with Crippen molar-refractivity contribution in [3.8, 4) is 0 Å². The fourth-order valence-corrected chi connectivity index (χ4v) is 2.47. The van der Waals surface area contributed by atoms with E-state index in [0.717, 1.165) is 11.3 Å². The van der Waals surface area contributed by atoms with Gasteiger partial charge in [-0.2, -0.15) is 11.3 Å². The number of aliphatic hydroxyl groups is 1. The predicted molar refractivity (Wildman–Crippen MR) is 74.7 cm³/mol. The molecule has 2 rings (SSSR count). The number of aromatic nitrogens is 1. The van der Waals surface area contributed by atoms with Crippen LogP contribution in [0.25, 0.3) is 0 Å². The maximum Gasteiger partial charge on any atom is 0.227 e. The summed E-state index contributed by atoms with van der Waals surface area (Å²) in [5, 5.41) is 15.8. The van der Waals surface area contributed by atoms with E-state index in [0.29, 0.717) is 12.2 Å². The number of nitrogens with one attached hydrogen (secondary N) is 1. The molecule has 2 N–H and O–H groups in total. The van der Waals surface area contributed by atoms with Gasteiger partial charge in [0.15, 0.2) is 0 Å². The largest absolute Gasteiger partial charge is 0.390 e. The first-order valence-corrected chi connectivity index (χ1v) is 7.00. The Morgan fingerprint density at radius 1 is 1.42 bits per heavy atom. The van der Waals surface area contributed by atoms with Crippen molar-refractivity contribution in [1.29, 1.82) is 0 Å². The number of hydrogen-bond donors (Lipinski definition) is 2. The van der Waals surface area contributed by atoms with Crippen molar-refractivity contribution in [1.82, 2.24) is 10.3 Å². The molecule has 0 aliphatic heterocycles. The van der Waals surface area contributed by atoms with Crippen molar-refractivity contribution < 1.29 is 9.90 Å². The first-order chi connectivity index (χ1) is 9.20. The molecule has 1 amide bonds. The third-order valence-electron chi connectivity index (χ3n) is 2.91. The van der Waals surface area contributed by atoms with Gasteiger partial charge in [-0.25, -0.2) is 0 Å². The average Bonchev–Trinajstić information content (AvgIpc) is 2.98. The summed E-state index contributed by atoms with van der Waals surface area (Å²) in [4.78, 5) is 16.2. The zero-order valence-electron chi connectivity index (χ0n) is 10.7. The Labute approximate surface area is 116 Å². The van der Waals surface area contributed by atoms with Gasteiger partial charge in [0.2, 0.25) is 5.91 Å². The molecule has 2 aromatic rings. The lowest BCUT2D eigenvalue weighted by Gasteiger charge is -2.11. The van der Waals surface area contributed by atoms with Crippen LogP contribution in [-0.4, -0.2) is 16.0 Å². The molecule has 0 radical (unpaired) electrons. The van der Waals surface area contributed by atoms with Crippen LogP contribution >= 0.6 is 11.3 Å². The molecule has 2 aromatic heterocycles. The number of pyridine rings is 1. The highest BCUT2D eigenvalue weighted by Gasteiger charge is 2.15. The number of thiophene rings is 1. The molecule has 1 unspecified atom stereocenters. The van der Waals surface area contributed by atoms with Crippen molar-refractivity contribution in [2.75, 3.05) is 0 Å². The van der Waals surface area contributed by atoms with Crippen molar-refractivity contribution >= 4 is 17.2 Å². The van der Waals surface area contributed by atoms with Gasteiger partial charge in [0.25, 0.3) is 0 Å². The second kappa shape index (κ2) is 6.45. The smallest absolute Gasteiger partial charge is 0.227 e. The van der Waals surface area contributed by atoms with Gasteiger partial charge >= 0.3 is 0 Å². The number of amides is 1. The SMILES string of the molecule is CC(C(=O)NCc1cccc(CO)n1)c1ccsc1. The normalized spacial score (nSPS) is 12.1. The summed E-state index contributed by atoms with van der Waals surface area (Å²) in [6, 6.07) is 7.36. The molecular formula is C14H16N2O2S. The monoisotopic (exact) mass is 276 g/mol. The minimum Gasteiger partial charge on any atom is -0.390 e. The van der Waals surface area contributed by atoms with E-state index in [1.807, 2.05) is 35.9 Å². The second-order valence-corrected chi connectivity index (χ2v) is 5.05. The number of rotatable bonds is 5. The van der Waals surface area contributed by atoms with E-state index in [-0.39, 0.29) is 18.4 Å². The van der Waals surface area contributed by atoms with E-state index >= 15 is 0 Å². The van der Waals surface area contributed by atoms with Crippen molar-refractivity contribution in [2.45, 2.75) is 26.0 Å². The third-order valence-corrected chi connectivity index (χ3v) is 3.61. The maximum atomic E-state index is 12.0. The van der Waals surface area contributed by atoms with Crippen molar-refractivity contribution in [2.24, 2.45) is 0 Å². The summed E-state index contributed by atoms with van der Waals surface area (Å²) in [5.41, 5.74) is 2.38. The van der Waals surface area contributed by atoms with Gasteiger partial charge in [0, 0.05) is 0 Å². The van der Waals surface area contributed by atoms with Crippen LogP contribution in [0.3, 0.4) is 0 Å². The maximum absolute atomic E-state index is 12.0. The van der Waals surface area contributed by atoms with Gasteiger partial charge in [-0.05, 0) is 41.4 Å². The molecule has 100 valence electrons. The lowest BCUT2D eigenvalue weighted by molar-refractivity contribution is -0.122. The van der Waals surface area contributed by atoms with E-state index in [4.69, 9.17) is 5.11 Å². The Morgan fingerprint density at radius 2 is 2.21 bits per heavy atom. The van der Waals surface area contributed by atoms with Crippen LogP contribution in [0.2, 0.25) is 0 Å². The summed E-state index contributed by atoms with van der Waals surface area (Å²) in [6.07, 6.45) is 0. The predicted octanol–water partition coefficient (Wildman–Crippen LogP) is 2.06. The van der Waals surface area contributed by atoms with E-state index in [9.17, 15) is 4.79 Å². The minimum absolute atomic E-state index is 0.0189. The molecule has 4 nitrogen and oxygen atoms in total. The van der Waals surface area contributed by atoms with Crippen LogP contribution in [0.1, 0.15) is 29.8 Å².